The van der Waals surface area contributed by atoms with Crippen molar-refractivity contribution in [2.45, 2.75) is 31.9 Å². The number of methoxy groups -OCH3 is 1. The molecule has 2 aromatic heterocycles. The van der Waals surface area contributed by atoms with E-state index in [0.717, 1.165) is 12.8 Å². The zero-order chi connectivity index (χ0) is 22.4. The zero-order valence-electron chi connectivity index (χ0n) is 17.8. The molecule has 166 valence electrons. The topological polar surface area (TPSA) is 102 Å². The molecule has 4 heterocycles. The van der Waals surface area contributed by atoms with Crippen LogP contribution in [0.3, 0.4) is 0 Å². The highest BCUT2D eigenvalue weighted by Crippen LogP contribution is 2.41. The van der Waals surface area contributed by atoms with Crippen molar-refractivity contribution in [2.75, 3.05) is 20.3 Å². The van der Waals surface area contributed by atoms with E-state index in [2.05, 4.69) is 0 Å². The van der Waals surface area contributed by atoms with E-state index in [1.54, 1.807) is 43.3 Å². The molecule has 0 saturated carbocycles. The van der Waals surface area contributed by atoms with Gasteiger partial charge in [0, 0.05) is 18.5 Å². The maximum absolute atomic E-state index is 13.5. The van der Waals surface area contributed by atoms with Gasteiger partial charge in [-0.2, -0.15) is 0 Å². The van der Waals surface area contributed by atoms with Gasteiger partial charge in [-0.3, -0.25) is 9.59 Å². The van der Waals surface area contributed by atoms with Gasteiger partial charge in [0.25, 0.3) is 5.91 Å². The van der Waals surface area contributed by atoms with Crippen molar-refractivity contribution in [2.24, 2.45) is 0 Å². The Hall–Kier alpha value is -3.52. The van der Waals surface area contributed by atoms with Crippen LogP contribution in [0, 0.1) is 6.92 Å². The van der Waals surface area contributed by atoms with Gasteiger partial charge in [0.05, 0.1) is 18.8 Å². The van der Waals surface area contributed by atoms with Crippen LogP contribution >= 0.6 is 0 Å². The average molecular weight is 437 g/mol. The van der Waals surface area contributed by atoms with Crippen LogP contribution in [-0.2, 0) is 9.53 Å². The second-order valence-corrected chi connectivity index (χ2v) is 8.02. The summed E-state index contributed by atoms with van der Waals surface area (Å²) in [5.74, 6) is -0.281. The molecular formula is C24H23NO7. The molecule has 32 heavy (non-hydrogen) atoms. The SMILES string of the molecule is COc1cccc2cc(C(=O)C3=C(O)C(=O)N(CC4CCCO4)C3c3ccc(C)o3)oc12. The lowest BCUT2D eigenvalue weighted by molar-refractivity contribution is -0.131. The Kier molecular flexibility index (Phi) is 5.01. The monoisotopic (exact) mass is 437 g/mol. The minimum Gasteiger partial charge on any atom is -0.503 e. The van der Waals surface area contributed by atoms with Gasteiger partial charge in [0.15, 0.2) is 22.9 Å². The molecule has 1 aromatic carbocycles. The maximum Gasteiger partial charge on any atom is 0.290 e. The van der Waals surface area contributed by atoms with Crippen molar-refractivity contribution in [3.63, 3.8) is 0 Å². The molecule has 2 aliphatic rings. The summed E-state index contributed by atoms with van der Waals surface area (Å²) in [6, 6.07) is 9.49. The number of amides is 1. The molecule has 0 aliphatic carbocycles. The number of aliphatic hydroxyl groups excluding tert-OH is 1. The molecule has 3 aromatic rings. The number of hydrogen-bond acceptors (Lipinski definition) is 7. The molecule has 8 nitrogen and oxygen atoms in total. The van der Waals surface area contributed by atoms with Crippen molar-refractivity contribution in [3.8, 4) is 5.75 Å². The number of carbonyl (C=O) groups is 2. The fourth-order valence-electron chi connectivity index (χ4n) is 4.42. The molecular weight excluding hydrogens is 414 g/mol. The number of para-hydroxylation sites is 1. The Morgan fingerprint density at radius 2 is 2.09 bits per heavy atom. The summed E-state index contributed by atoms with van der Waals surface area (Å²) in [6.07, 6.45) is 1.56. The molecule has 1 fully saturated rings. The lowest BCUT2D eigenvalue weighted by Crippen LogP contribution is -2.37. The average Bonchev–Trinajstić information content (AvgIpc) is 3.57. The van der Waals surface area contributed by atoms with Gasteiger partial charge < -0.3 is 28.3 Å². The van der Waals surface area contributed by atoms with Crippen LogP contribution in [0.5, 0.6) is 5.75 Å². The van der Waals surface area contributed by atoms with E-state index in [1.165, 1.54) is 12.0 Å². The van der Waals surface area contributed by atoms with Crippen LogP contribution in [0.4, 0.5) is 0 Å². The van der Waals surface area contributed by atoms with Crippen molar-refractivity contribution < 1.29 is 33.0 Å². The number of aryl methyl sites for hydroxylation is 1. The van der Waals surface area contributed by atoms with Crippen molar-refractivity contribution >= 4 is 22.7 Å². The summed E-state index contributed by atoms with van der Waals surface area (Å²) in [5, 5.41) is 11.4. The van der Waals surface area contributed by atoms with Gasteiger partial charge in [0.2, 0.25) is 5.78 Å². The van der Waals surface area contributed by atoms with Gasteiger partial charge >= 0.3 is 0 Å². The van der Waals surface area contributed by atoms with E-state index in [9.17, 15) is 14.7 Å². The molecule has 8 heteroatoms. The molecule has 2 unspecified atom stereocenters. The van der Waals surface area contributed by atoms with Gasteiger partial charge in [0.1, 0.15) is 17.6 Å². The number of carbonyl (C=O) groups excluding carboxylic acids is 2. The molecule has 1 saturated heterocycles. The summed E-state index contributed by atoms with van der Waals surface area (Å²) in [6.45, 7) is 2.66. The predicted octanol–water partition coefficient (Wildman–Crippen LogP) is 4.10. The van der Waals surface area contributed by atoms with Gasteiger partial charge in [-0.25, -0.2) is 0 Å². The number of aliphatic hydroxyl groups is 1. The van der Waals surface area contributed by atoms with Crippen LogP contribution in [0.15, 0.2) is 56.6 Å². The third kappa shape index (κ3) is 3.27. The summed E-state index contributed by atoms with van der Waals surface area (Å²) in [7, 11) is 1.51. The fourth-order valence-corrected chi connectivity index (χ4v) is 4.42. The number of ether oxygens (including phenoxy) is 2. The normalized spacial score (nSPS) is 21.2. The Morgan fingerprint density at radius 1 is 1.25 bits per heavy atom. The van der Waals surface area contributed by atoms with Gasteiger partial charge in [-0.15, -0.1) is 0 Å². The second kappa shape index (κ2) is 7.87. The first-order valence-electron chi connectivity index (χ1n) is 10.5. The van der Waals surface area contributed by atoms with Crippen molar-refractivity contribution in [1.82, 2.24) is 4.90 Å². The molecule has 1 N–H and O–H groups in total. The number of nitrogens with zero attached hydrogens (tertiary/aromatic N) is 1. The highest BCUT2D eigenvalue weighted by atomic mass is 16.5. The number of fused-ring (bicyclic) bond motifs is 1. The molecule has 0 bridgehead atoms. The highest BCUT2D eigenvalue weighted by molar-refractivity contribution is 6.16. The summed E-state index contributed by atoms with van der Waals surface area (Å²) >= 11 is 0. The third-order valence-corrected chi connectivity index (χ3v) is 5.95. The maximum atomic E-state index is 13.5. The number of hydrogen-bond donors (Lipinski definition) is 1. The Balaban J connectivity index is 1.57. The molecule has 2 aliphatic heterocycles. The summed E-state index contributed by atoms with van der Waals surface area (Å²) < 4.78 is 22.6. The summed E-state index contributed by atoms with van der Waals surface area (Å²) in [5.41, 5.74) is 0.352. The van der Waals surface area contributed by atoms with Crippen LogP contribution in [0.25, 0.3) is 11.0 Å². The van der Waals surface area contributed by atoms with E-state index in [0.29, 0.717) is 34.8 Å². The quantitative estimate of drug-likeness (QED) is 0.579. The Bertz CT molecular complexity index is 1230. The molecule has 1 amide bonds. The van der Waals surface area contributed by atoms with Crippen LogP contribution < -0.4 is 4.74 Å². The van der Waals surface area contributed by atoms with Crippen LogP contribution in [0.1, 0.15) is 41.0 Å². The van der Waals surface area contributed by atoms with E-state index < -0.39 is 23.5 Å². The number of rotatable bonds is 6. The van der Waals surface area contributed by atoms with Crippen LogP contribution in [0.2, 0.25) is 0 Å². The number of furan rings is 2. The molecule has 5 rings (SSSR count). The van der Waals surface area contributed by atoms with E-state index in [1.807, 2.05) is 0 Å². The van der Waals surface area contributed by atoms with Crippen molar-refractivity contribution in [1.29, 1.82) is 0 Å². The zero-order valence-corrected chi connectivity index (χ0v) is 17.8. The first kappa shape index (κ1) is 20.4. The van der Waals surface area contributed by atoms with Crippen molar-refractivity contribution in [3.05, 3.63) is 65.0 Å². The highest BCUT2D eigenvalue weighted by Gasteiger charge is 2.47. The second-order valence-electron chi connectivity index (χ2n) is 8.02. The number of Topliss-reactive ketones (excluding diaryl/α,β-unsaturated/α-hetero) is 1. The Morgan fingerprint density at radius 3 is 2.78 bits per heavy atom. The number of ketones is 1. The molecule has 0 spiro atoms. The first-order chi connectivity index (χ1) is 15.5. The largest absolute Gasteiger partial charge is 0.503 e. The fraction of sp³-hybridized carbons (Fsp3) is 0.333. The number of benzene rings is 1. The standard InChI is InChI=1S/C24H23NO7/c1-13-8-9-16(31-13)20-19(22(27)24(28)25(20)12-15-6-4-10-30-15)21(26)18-11-14-5-3-7-17(29-2)23(14)32-18/h3,5,7-9,11,15,20,27H,4,6,10,12H2,1-2H3. The minimum absolute atomic E-state index is 0.00564. The van der Waals surface area contributed by atoms with E-state index >= 15 is 0 Å². The van der Waals surface area contributed by atoms with Gasteiger partial charge in [-0.05, 0) is 44.0 Å². The first-order valence-corrected chi connectivity index (χ1v) is 10.5. The third-order valence-electron chi connectivity index (χ3n) is 5.95. The molecule has 2 atom stereocenters. The van der Waals surface area contributed by atoms with Gasteiger partial charge in [-0.1, -0.05) is 12.1 Å². The van der Waals surface area contributed by atoms with E-state index in [-0.39, 0.29) is 24.0 Å². The Labute approximate surface area is 184 Å². The lowest BCUT2D eigenvalue weighted by atomic mass is 9.99. The molecule has 0 radical (unpaired) electrons. The smallest absolute Gasteiger partial charge is 0.290 e. The van der Waals surface area contributed by atoms with E-state index in [4.69, 9.17) is 18.3 Å². The minimum atomic E-state index is -0.872. The van der Waals surface area contributed by atoms with Crippen LogP contribution in [-0.4, -0.2) is 48.1 Å². The lowest BCUT2D eigenvalue weighted by Gasteiger charge is -2.27. The predicted molar refractivity (Wildman–Crippen MR) is 114 cm³/mol. The summed E-state index contributed by atoms with van der Waals surface area (Å²) in [4.78, 5) is 28.0.